The molecule has 0 saturated heterocycles. The Morgan fingerprint density at radius 3 is 1.38 bits per heavy atom. The molecule has 4 aromatic carbocycles. The first-order valence-electron chi connectivity index (χ1n) is 12.0. The van der Waals surface area contributed by atoms with Crippen LogP contribution in [0.25, 0.3) is 0 Å². The van der Waals surface area contributed by atoms with Crippen molar-refractivity contribution in [2.45, 2.75) is 6.55 Å². The van der Waals surface area contributed by atoms with Crippen LogP contribution in [0, 0.1) is 0 Å². The monoisotopic (exact) mass is 511 g/mol. The fourth-order valence-electron chi connectivity index (χ4n) is 6.00. The van der Waals surface area contributed by atoms with Crippen LogP contribution in [0.4, 0.5) is 17.1 Å². The van der Waals surface area contributed by atoms with Gasteiger partial charge in [0, 0.05) is 57.6 Å². The zero-order valence-electron chi connectivity index (χ0n) is 21.2. The fraction of sp³-hybridized carbons (Fsp3) is 0.172. The lowest BCUT2D eigenvalue weighted by molar-refractivity contribution is 0.397. The Kier molecular flexibility index (Phi) is 4.51. The molecule has 4 aromatic rings. The first-order valence-corrected chi connectivity index (χ1v) is 14.5. The third-order valence-corrected chi connectivity index (χ3v) is 12.1. The number of nitrogens with zero attached hydrogens (tertiary/aromatic N) is 1. The van der Waals surface area contributed by atoms with E-state index in [1.54, 1.807) is 28.4 Å². The lowest BCUT2D eigenvalue weighted by Crippen LogP contribution is -2.71. The van der Waals surface area contributed by atoms with Gasteiger partial charge in [-0.1, -0.05) is 6.55 Å². The molecular formula is C29H25NO6Si. The van der Waals surface area contributed by atoms with E-state index in [-0.39, 0.29) is 0 Å². The second-order valence-corrected chi connectivity index (χ2v) is 13.2. The van der Waals surface area contributed by atoms with Crippen LogP contribution in [-0.2, 0) is 0 Å². The van der Waals surface area contributed by atoms with Gasteiger partial charge in [0.1, 0.15) is 46.0 Å². The molecule has 3 heterocycles. The van der Waals surface area contributed by atoms with E-state index < -0.39 is 8.07 Å². The van der Waals surface area contributed by atoms with E-state index in [0.29, 0.717) is 5.75 Å². The number of rotatable bonds is 5. The van der Waals surface area contributed by atoms with Crippen LogP contribution in [0.3, 0.4) is 0 Å². The van der Waals surface area contributed by atoms with Gasteiger partial charge in [0.05, 0.1) is 39.8 Å². The average molecular weight is 512 g/mol. The molecule has 0 aliphatic carbocycles. The molecule has 0 bridgehead atoms. The topological polar surface area (TPSA) is 58.6 Å². The van der Waals surface area contributed by atoms with E-state index in [9.17, 15) is 0 Å². The molecule has 0 aromatic heterocycles. The summed E-state index contributed by atoms with van der Waals surface area (Å²) in [4.78, 5) is 2.24. The number of benzene rings is 4. The van der Waals surface area contributed by atoms with Gasteiger partial charge in [0.15, 0.2) is 8.07 Å². The second kappa shape index (κ2) is 7.60. The minimum atomic E-state index is -2.59. The van der Waals surface area contributed by atoms with Crippen molar-refractivity contribution in [1.82, 2.24) is 0 Å². The van der Waals surface area contributed by atoms with Crippen molar-refractivity contribution in [2.75, 3.05) is 33.3 Å². The minimum absolute atomic E-state index is 0.681. The molecule has 3 aliphatic rings. The molecule has 0 N–H and O–H groups in total. The predicted molar refractivity (Wildman–Crippen MR) is 144 cm³/mol. The third-order valence-electron chi connectivity index (χ3n) is 7.61. The maximum atomic E-state index is 6.59. The summed E-state index contributed by atoms with van der Waals surface area (Å²) in [5.41, 5.74) is 3.03. The zero-order valence-corrected chi connectivity index (χ0v) is 22.2. The Labute approximate surface area is 215 Å². The van der Waals surface area contributed by atoms with Crippen molar-refractivity contribution in [1.29, 1.82) is 0 Å². The summed E-state index contributed by atoms with van der Waals surface area (Å²) in [6.07, 6.45) is 0. The lowest BCUT2D eigenvalue weighted by Gasteiger charge is -2.48. The number of ether oxygens (including phenoxy) is 6. The highest BCUT2D eigenvalue weighted by molar-refractivity contribution is 7.14. The van der Waals surface area contributed by atoms with Gasteiger partial charge in [-0.15, -0.1) is 0 Å². The molecular weight excluding hydrogens is 486 g/mol. The molecule has 0 unspecified atom stereocenters. The van der Waals surface area contributed by atoms with Gasteiger partial charge in [-0.3, -0.25) is 0 Å². The summed E-state index contributed by atoms with van der Waals surface area (Å²) in [5.74, 6) is 6.02. The molecule has 0 spiro atoms. The highest BCUT2D eigenvalue weighted by Gasteiger charge is 2.55. The maximum absolute atomic E-state index is 6.59. The SMILES string of the molecule is COc1ccc(N2c3cc(OC)cc4c3[Si]3(C)c5c(cc(OC)cc5Oc5cc(OC)cc2c53)O4)cc1. The molecule has 186 valence electrons. The first-order chi connectivity index (χ1) is 18.0. The smallest absolute Gasteiger partial charge is 0.170 e. The van der Waals surface area contributed by atoms with Crippen LogP contribution in [0.5, 0.6) is 46.0 Å². The predicted octanol–water partition coefficient (Wildman–Crippen LogP) is 4.82. The molecule has 7 rings (SSSR count). The highest BCUT2D eigenvalue weighted by atomic mass is 28.3. The van der Waals surface area contributed by atoms with Gasteiger partial charge < -0.3 is 33.3 Å². The van der Waals surface area contributed by atoms with Gasteiger partial charge >= 0.3 is 0 Å². The number of hydrogen-bond acceptors (Lipinski definition) is 7. The van der Waals surface area contributed by atoms with Crippen LogP contribution < -0.4 is 48.9 Å². The van der Waals surface area contributed by atoms with Crippen molar-refractivity contribution in [3.8, 4) is 46.0 Å². The van der Waals surface area contributed by atoms with E-state index in [1.807, 2.05) is 36.4 Å². The van der Waals surface area contributed by atoms with E-state index in [1.165, 1.54) is 10.4 Å². The minimum Gasteiger partial charge on any atom is -0.497 e. The van der Waals surface area contributed by atoms with E-state index in [0.717, 1.165) is 62.5 Å². The summed E-state index contributed by atoms with van der Waals surface area (Å²) < 4.78 is 35.7. The molecule has 7 nitrogen and oxygen atoms in total. The van der Waals surface area contributed by atoms with Gasteiger partial charge in [-0.2, -0.15) is 0 Å². The van der Waals surface area contributed by atoms with Gasteiger partial charge in [-0.25, -0.2) is 0 Å². The quantitative estimate of drug-likeness (QED) is 0.314. The molecule has 0 amide bonds. The standard InChI is InChI=1S/C29H25NO6Si/c1-31-17-8-6-16(7-9-17)30-21-10-18(32-2)12-23-27(21)37(5)28-22(30)11-19(33-3)13-24(28)36-26-15-20(34-4)14-25(35-23)29(26)37/h6-15H,1-5H3. The molecule has 0 atom stereocenters. The van der Waals surface area contributed by atoms with Crippen molar-refractivity contribution in [2.24, 2.45) is 0 Å². The summed E-state index contributed by atoms with van der Waals surface area (Å²) in [6, 6.07) is 20.1. The molecule has 8 heteroatoms. The molecule has 37 heavy (non-hydrogen) atoms. The Balaban J connectivity index is 1.62. The van der Waals surface area contributed by atoms with E-state index >= 15 is 0 Å². The third kappa shape index (κ3) is 2.81. The largest absolute Gasteiger partial charge is 0.497 e. The number of hydrogen-bond donors (Lipinski definition) is 0. The summed E-state index contributed by atoms with van der Waals surface area (Å²) in [5, 5.41) is 3.48. The van der Waals surface area contributed by atoms with Crippen molar-refractivity contribution >= 4 is 40.7 Å². The second-order valence-electron chi connectivity index (χ2n) is 9.40. The maximum Gasteiger partial charge on any atom is 0.170 e. The molecule has 0 fully saturated rings. The van der Waals surface area contributed by atoms with E-state index in [4.69, 9.17) is 28.4 Å². The van der Waals surface area contributed by atoms with Gasteiger partial charge in [-0.05, 0) is 24.3 Å². The first kappa shape index (κ1) is 21.9. The fourth-order valence-corrected chi connectivity index (χ4v) is 10.6. The van der Waals surface area contributed by atoms with E-state index in [2.05, 4.69) is 35.7 Å². The van der Waals surface area contributed by atoms with Gasteiger partial charge in [0.2, 0.25) is 0 Å². The van der Waals surface area contributed by atoms with Crippen LogP contribution >= 0.6 is 0 Å². The Morgan fingerprint density at radius 1 is 0.541 bits per heavy atom. The Hall–Kier alpha value is -4.30. The average Bonchev–Trinajstić information content (AvgIpc) is 2.92. The summed E-state index contributed by atoms with van der Waals surface area (Å²) >= 11 is 0. The highest BCUT2D eigenvalue weighted by Crippen LogP contribution is 2.51. The van der Waals surface area contributed by atoms with Gasteiger partial charge in [0.25, 0.3) is 0 Å². The lowest BCUT2D eigenvalue weighted by atomic mass is 10.1. The van der Waals surface area contributed by atoms with Crippen molar-refractivity contribution in [3.63, 3.8) is 0 Å². The summed E-state index contributed by atoms with van der Waals surface area (Å²) in [6.45, 7) is 2.38. The van der Waals surface area contributed by atoms with Crippen LogP contribution in [0.2, 0.25) is 6.55 Å². The van der Waals surface area contributed by atoms with Crippen LogP contribution in [0.1, 0.15) is 0 Å². The van der Waals surface area contributed by atoms with Crippen molar-refractivity contribution < 1.29 is 28.4 Å². The van der Waals surface area contributed by atoms with Crippen molar-refractivity contribution in [3.05, 3.63) is 60.7 Å². The number of anilines is 3. The van der Waals surface area contributed by atoms with Crippen LogP contribution in [0.15, 0.2) is 60.7 Å². The Bertz CT molecular complexity index is 1510. The number of methoxy groups -OCH3 is 4. The van der Waals surface area contributed by atoms with Crippen LogP contribution in [-0.4, -0.2) is 36.5 Å². The molecule has 0 saturated carbocycles. The molecule has 0 radical (unpaired) electrons. The zero-order chi connectivity index (χ0) is 25.5. The summed E-state index contributed by atoms with van der Waals surface area (Å²) in [7, 11) is 4.08. The molecule has 3 aliphatic heterocycles. The normalized spacial score (nSPS) is 14.7. The Morgan fingerprint density at radius 2 is 0.946 bits per heavy atom.